The fourth-order valence-electron chi connectivity index (χ4n) is 3.61. The molecule has 2 heterocycles. The molecule has 0 unspecified atom stereocenters. The van der Waals surface area contributed by atoms with Crippen LogP contribution in [0.5, 0.6) is 5.75 Å². The first-order valence-electron chi connectivity index (χ1n) is 10.7. The van der Waals surface area contributed by atoms with Crippen molar-refractivity contribution >= 4 is 28.6 Å². The van der Waals surface area contributed by atoms with Gasteiger partial charge in [-0.2, -0.15) is 0 Å². The molecular formula is C24H28N4O3S. The number of carbonyl (C=O) groups is 1. The summed E-state index contributed by atoms with van der Waals surface area (Å²) in [6, 6.07) is 15.8. The number of amides is 1. The molecule has 1 aliphatic rings. The van der Waals surface area contributed by atoms with Gasteiger partial charge in [0.15, 0.2) is 0 Å². The number of benzene rings is 2. The van der Waals surface area contributed by atoms with E-state index in [1.807, 2.05) is 55.6 Å². The molecule has 0 saturated carbocycles. The van der Waals surface area contributed by atoms with Crippen LogP contribution in [-0.4, -0.2) is 71.9 Å². The largest absolute Gasteiger partial charge is 0.497 e. The fourth-order valence-corrected chi connectivity index (χ4v) is 4.59. The van der Waals surface area contributed by atoms with Crippen molar-refractivity contribution in [1.82, 2.24) is 19.8 Å². The van der Waals surface area contributed by atoms with E-state index in [0.29, 0.717) is 18.8 Å². The number of carbonyl (C=O) groups excluding carboxylic acids is 1. The number of hydrogen-bond acceptors (Lipinski definition) is 7. The van der Waals surface area contributed by atoms with Gasteiger partial charge in [-0.05, 0) is 23.8 Å². The number of methoxy groups -OCH3 is 1. The van der Waals surface area contributed by atoms with Crippen LogP contribution in [0.25, 0.3) is 10.9 Å². The van der Waals surface area contributed by atoms with Gasteiger partial charge in [0, 0.05) is 32.1 Å². The highest BCUT2D eigenvalue weighted by molar-refractivity contribution is 8.00. The van der Waals surface area contributed by atoms with E-state index in [-0.39, 0.29) is 5.91 Å². The zero-order valence-electron chi connectivity index (χ0n) is 18.5. The van der Waals surface area contributed by atoms with Gasteiger partial charge >= 0.3 is 0 Å². The number of fused-ring (bicyclic) bond motifs is 1. The third-order valence-electron chi connectivity index (χ3n) is 5.40. The van der Waals surface area contributed by atoms with Crippen LogP contribution in [0.15, 0.2) is 53.6 Å². The summed E-state index contributed by atoms with van der Waals surface area (Å²) in [5.74, 6) is 1.94. The first kappa shape index (κ1) is 22.5. The summed E-state index contributed by atoms with van der Waals surface area (Å²) in [4.78, 5) is 26.4. The molecular weight excluding hydrogens is 424 g/mol. The molecule has 8 heteroatoms. The lowest BCUT2D eigenvalue weighted by atomic mass is 10.2. The molecule has 0 atom stereocenters. The summed E-state index contributed by atoms with van der Waals surface area (Å²) in [7, 11) is 3.47. The maximum Gasteiger partial charge on any atom is 0.233 e. The lowest BCUT2D eigenvalue weighted by Crippen LogP contribution is -2.36. The van der Waals surface area contributed by atoms with Crippen molar-refractivity contribution in [2.24, 2.45) is 0 Å². The predicted molar refractivity (Wildman–Crippen MR) is 126 cm³/mol. The van der Waals surface area contributed by atoms with Gasteiger partial charge < -0.3 is 14.4 Å². The van der Waals surface area contributed by atoms with E-state index in [9.17, 15) is 4.79 Å². The summed E-state index contributed by atoms with van der Waals surface area (Å²) < 4.78 is 10.7. The van der Waals surface area contributed by atoms with Crippen molar-refractivity contribution in [3.05, 3.63) is 59.9 Å². The normalized spacial score (nSPS) is 14.4. The zero-order chi connectivity index (χ0) is 22.3. The van der Waals surface area contributed by atoms with Gasteiger partial charge in [-0.15, -0.1) is 0 Å². The summed E-state index contributed by atoms with van der Waals surface area (Å²) in [6.07, 6.45) is 0. The number of para-hydroxylation sites is 1. The number of morpholine rings is 1. The smallest absolute Gasteiger partial charge is 0.233 e. The summed E-state index contributed by atoms with van der Waals surface area (Å²) in [5.41, 5.74) is 1.94. The van der Waals surface area contributed by atoms with E-state index in [4.69, 9.17) is 19.4 Å². The minimum atomic E-state index is 0.0512. The fraction of sp³-hybridized carbons (Fsp3) is 0.375. The lowest BCUT2D eigenvalue weighted by Gasteiger charge is -2.26. The van der Waals surface area contributed by atoms with Gasteiger partial charge in [-0.25, -0.2) is 9.97 Å². The van der Waals surface area contributed by atoms with Crippen molar-refractivity contribution in [3.8, 4) is 5.75 Å². The molecule has 1 amide bonds. The molecule has 4 rings (SSSR count). The maximum atomic E-state index is 12.8. The second-order valence-electron chi connectivity index (χ2n) is 7.74. The number of rotatable bonds is 8. The van der Waals surface area contributed by atoms with Gasteiger partial charge in [0.2, 0.25) is 5.91 Å². The number of nitrogens with zero attached hydrogens (tertiary/aromatic N) is 4. The van der Waals surface area contributed by atoms with E-state index >= 15 is 0 Å². The van der Waals surface area contributed by atoms with Crippen LogP contribution in [0.1, 0.15) is 11.4 Å². The minimum Gasteiger partial charge on any atom is -0.497 e. The minimum absolute atomic E-state index is 0.0512. The Morgan fingerprint density at radius 2 is 1.97 bits per heavy atom. The van der Waals surface area contributed by atoms with Gasteiger partial charge in [0.1, 0.15) is 16.6 Å². The molecule has 1 aliphatic heterocycles. The molecule has 168 valence electrons. The molecule has 0 radical (unpaired) electrons. The molecule has 0 N–H and O–H groups in total. The number of thioether (sulfide) groups is 1. The number of aromatic nitrogens is 2. The Morgan fingerprint density at radius 3 is 2.78 bits per heavy atom. The summed E-state index contributed by atoms with van der Waals surface area (Å²) in [5, 5.41) is 1.83. The van der Waals surface area contributed by atoms with Crippen molar-refractivity contribution in [2.75, 3.05) is 46.2 Å². The zero-order valence-corrected chi connectivity index (χ0v) is 19.3. The first-order chi connectivity index (χ1) is 15.6. The van der Waals surface area contributed by atoms with Crippen LogP contribution in [0.2, 0.25) is 0 Å². The van der Waals surface area contributed by atoms with E-state index < -0.39 is 0 Å². The van der Waals surface area contributed by atoms with Crippen molar-refractivity contribution in [3.63, 3.8) is 0 Å². The highest BCUT2D eigenvalue weighted by Crippen LogP contribution is 2.26. The molecule has 32 heavy (non-hydrogen) atoms. The van der Waals surface area contributed by atoms with Crippen molar-refractivity contribution < 1.29 is 14.3 Å². The molecule has 1 saturated heterocycles. The van der Waals surface area contributed by atoms with E-state index in [2.05, 4.69) is 4.90 Å². The monoisotopic (exact) mass is 452 g/mol. The Morgan fingerprint density at radius 1 is 1.16 bits per heavy atom. The van der Waals surface area contributed by atoms with Crippen LogP contribution in [-0.2, 0) is 22.6 Å². The molecule has 0 aliphatic carbocycles. The SMILES string of the molecule is COc1cccc(CN(C)C(=O)CSc2nc(CN3CCOCC3)nc3ccccc23)c1. The molecule has 2 aromatic carbocycles. The van der Waals surface area contributed by atoms with E-state index in [1.54, 1.807) is 12.0 Å². The molecule has 0 bridgehead atoms. The third kappa shape index (κ3) is 5.76. The molecule has 7 nitrogen and oxygen atoms in total. The Labute approximate surface area is 192 Å². The average molecular weight is 453 g/mol. The molecule has 1 aromatic heterocycles. The van der Waals surface area contributed by atoms with Gasteiger partial charge in [-0.3, -0.25) is 9.69 Å². The Balaban J connectivity index is 1.44. The number of ether oxygens (including phenoxy) is 2. The molecule has 1 fully saturated rings. The Kier molecular flexibility index (Phi) is 7.57. The first-order valence-corrected chi connectivity index (χ1v) is 11.7. The van der Waals surface area contributed by atoms with Crippen LogP contribution < -0.4 is 4.74 Å². The second-order valence-corrected chi connectivity index (χ2v) is 8.70. The second kappa shape index (κ2) is 10.8. The average Bonchev–Trinajstić information content (AvgIpc) is 2.83. The lowest BCUT2D eigenvalue weighted by molar-refractivity contribution is -0.127. The Bertz CT molecular complexity index is 1070. The summed E-state index contributed by atoms with van der Waals surface area (Å²) >= 11 is 1.47. The van der Waals surface area contributed by atoms with E-state index in [1.165, 1.54) is 11.8 Å². The van der Waals surface area contributed by atoms with Gasteiger partial charge in [0.05, 0.1) is 38.1 Å². The van der Waals surface area contributed by atoms with Crippen LogP contribution >= 0.6 is 11.8 Å². The predicted octanol–water partition coefficient (Wildman–Crippen LogP) is 3.22. The standard InChI is InChI=1S/C24H28N4O3S/c1-27(15-18-6-5-7-19(14-18)30-2)23(29)17-32-24-20-8-3-4-9-21(20)25-22(26-24)16-28-10-12-31-13-11-28/h3-9,14H,10-13,15-17H2,1-2H3. The quantitative estimate of drug-likeness (QED) is 0.384. The third-order valence-corrected chi connectivity index (χ3v) is 6.37. The van der Waals surface area contributed by atoms with Gasteiger partial charge in [-0.1, -0.05) is 42.1 Å². The Hall–Kier alpha value is -2.68. The summed E-state index contributed by atoms with van der Waals surface area (Å²) in [6.45, 7) is 4.46. The van der Waals surface area contributed by atoms with Gasteiger partial charge in [0.25, 0.3) is 0 Å². The number of hydrogen-bond donors (Lipinski definition) is 0. The van der Waals surface area contributed by atoms with Crippen LogP contribution in [0, 0.1) is 0 Å². The highest BCUT2D eigenvalue weighted by Gasteiger charge is 2.16. The van der Waals surface area contributed by atoms with Crippen molar-refractivity contribution in [1.29, 1.82) is 0 Å². The highest BCUT2D eigenvalue weighted by atomic mass is 32.2. The van der Waals surface area contributed by atoms with Crippen molar-refractivity contribution in [2.45, 2.75) is 18.1 Å². The van der Waals surface area contributed by atoms with E-state index in [0.717, 1.165) is 59.4 Å². The maximum absolute atomic E-state index is 12.8. The van der Waals surface area contributed by atoms with Crippen LogP contribution in [0.3, 0.4) is 0 Å². The molecule has 3 aromatic rings. The van der Waals surface area contributed by atoms with Crippen LogP contribution in [0.4, 0.5) is 0 Å². The topological polar surface area (TPSA) is 67.8 Å². The molecule has 0 spiro atoms.